The van der Waals surface area contributed by atoms with Gasteiger partial charge < -0.3 is 10.0 Å². The van der Waals surface area contributed by atoms with Crippen molar-refractivity contribution in [2.24, 2.45) is 5.92 Å². The summed E-state index contributed by atoms with van der Waals surface area (Å²) in [5.74, 6) is -2.78. The monoisotopic (exact) mass is 385 g/mol. The lowest BCUT2D eigenvalue weighted by molar-refractivity contribution is -0.130. The first-order valence-electron chi connectivity index (χ1n) is 9.05. The fourth-order valence-electron chi connectivity index (χ4n) is 3.39. The first-order chi connectivity index (χ1) is 13.3. The molecule has 0 aliphatic carbocycles. The molecular weight excluding hydrogens is 364 g/mol. The summed E-state index contributed by atoms with van der Waals surface area (Å²) < 4.78 is 27.8. The highest BCUT2D eigenvalue weighted by atomic mass is 19.1. The van der Waals surface area contributed by atoms with Gasteiger partial charge in [-0.3, -0.25) is 9.59 Å². The Morgan fingerprint density at radius 3 is 2.36 bits per heavy atom. The molecule has 1 aliphatic heterocycles. The molecule has 28 heavy (non-hydrogen) atoms. The predicted octanol–water partition coefficient (Wildman–Crippen LogP) is 4.48. The molecule has 146 valence electrons. The van der Waals surface area contributed by atoms with Crippen molar-refractivity contribution in [1.29, 1.82) is 0 Å². The van der Waals surface area contributed by atoms with Crippen LogP contribution in [-0.4, -0.2) is 21.7 Å². The molecule has 0 aromatic heterocycles. The first-order valence-corrected chi connectivity index (χ1v) is 9.05. The average molecular weight is 385 g/mol. The summed E-state index contributed by atoms with van der Waals surface area (Å²) in [7, 11) is 0. The Morgan fingerprint density at radius 1 is 1.11 bits per heavy atom. The van der Waals surface area contributed by atoms with Crippen molar-refractivity contribution in [3.8, 4) is 0 Å². The van der Waals surface area contributed by atoms with Crippen LogP contribution in [0.15, 0.2) is 59.9 Å². The number of amides is 1. The highest BCUT2D eigenvalue weighted by Gasteiger charge is 2.44. The highest BCUT2D eigenvalue weighted by Crippen LogP contribution is 2.40. The topological polar surface area (TPSA) is 57.6 Å². The van der Waals surface area contributed by atoms with Crippen LogP contribution in [0.2, 0.25) is 0 Å². The van der Waals surface area contributed by atoms with Crippen molar-refractivity contribution in [3.05, 3.63) is 82.6 Å². The van der Waals surface area contributed by atoms with Gasteiger partial charge in [0.1, 0.15) is 11.6 Å². The van der Waals surface area contributed by atoms with E-state index in [1.165, 1.54) is 47.4 Å². The third-order valence-corrected chi connectivity index (χ3v) is 4.66. The first kappa shape index (κ1) is 19.7. The van der Waals surface area contributed by atoms with Crippen LogP contribution in [0.3, 0.4) is 0 Å². The van der Waals surface area contributed by atoms with Crippen LogP contribution < -0.4 is 0 Å². The molecule has 0 saturated carbocycles. The van der Waals surface area contributed by atoms with Crippen LogP contribution in [-0.2, 0) is 16.1 Å². The van der Waals surface area contributed by atoms with E-state index in [1.807, 2.05) is 13.8 Å². The number of carbonyl (C=O) groups excluding carboxylic acids is 2. The van der Waals surface area contributed by atoms with Gasteiger partial charge in [0, 0.05) is 18.5 Å². The Morgan fingerprint density at radius 2 is 1.75 bits per heavy atom. The zero-order chi connectivity index (χ0) is 20.4. The van der Waals surface area contributed by atoms with Gasteiger partial charge in [-0.15, -0.1) is 0 Å². The number of aliphatic hydroxyl groups excluding tert-OH is 1. The van der Waals surface area contributed by atoms with Gasteiger partial charge in [0.25, 0.3) is 5.91 Å². The van der Waals surface area contributed by atoms with E-state index >= 15 is 0 Å². The minimum atomic E-state index is -1.04. The Bertz CT molecular complexity index is 935. The number of benzene rings is 2. The second-order valence-corrected chi connectivity index (χ2v) is 7.27. The number of halogens is 2. The molecule has 1 atom stereocenters. The van der Waals surface area contributed by atoms with Crippen molar-refractivity contribution in [2.45, 2.75) is 32.9 Å². The van der Waals surface area contributed by atoms with Crippen molar-refractivity contribution in [3.63, 3.8) is 0 Å². The number of rotatable bonds is 6. The molecular formula is C22H21F2NO3. The van der Waals surface area contributed by atoms with E-state index in [1.54, 1.807) is 6.07 Å². The lowest BCUT2D eigenvalue weighted by atomic mass is 9.92. The van der Waals surface area contributed by atoms with Gasteiger partial charge in [-0.05, 0) is 29.7 Å². The molecule has 4 nitrogen and oxygen atoms in total. The summed E-state index contributed by atoms with van der Waals surface area (Å²) in [6, 6.07) is 10.3. The number of aliphatic hydroxyl groups is 1. The molecule has 1 heterocycles. The van der Waals surface area contributed by atoms with Crippen LogP contribution in [0.4, 0.5) is 8.78 Å². The lowest BCUT2D eigenvalue weighted by Crippen LogP contribution is -2.31. The van der Waals surface area contributed by atoms with Crippen LogP contribution >= 0.6 is 0 Å². The van der Waals surface area contributed by atoms with E-state index in [4.69, 9.17) is 0 Å². The number of ketones is 1. The van der Waals surface area contributed by atoms with E-state index in [-0.39, 0.29) is 30.0 Å². The number of hydrogen-bond acceptors (Lipinski definition) is 3. The van der Waals surface area contributed by atoms with Crippen LogP contribution in [0.5, 0.6) is 0 Å². The molecule has 3 rings (SSSR count). The normalized spacial score (nSPS) is 17.0. The molecule has 2 aromatic rings. The van der Waals surface area contributed by atoms with Gasteiger partial charge in [-0.25, -0.2) is 8.78 Å². The highest BCUT2D eigenvalue weighted by molar-refractivity contribution is 6.09. The molecule has 1 aliphatic rings. The molecule has 0 radical (unpaired) electrons. The summed E-state index contributed by atoms with van der Waals surface area (Å²) >= 11 is 0. The maximum Gasteiger partial charge on any atom is 0.290 e. The summed E-state index contributed by atoms with van der Waals surface area (Å²) in [5, 5.41) is 10.4. The third kappa shape index (κ3) is 3.81. The van der Waals surface area contributed by atoms with Crippen LogP contribution in [0.25, 0.3) is 0 Å². The van der Waals surface area contributed by atoms with Crippen LogP contribution in [0.1, 0.15) is 37.4 Å². The quantitative estimate of drug-likeness (QED) is 0.798. The second kappa shape index (κ2) is 7.92. The Hall–Kier alpha value is -3.02. The van der Waals surface area contributed by atoms with Crippen molar-refractivity contribution >= 4 is 11.7 Å². The average Bonchev–Trinajstić information content (AvgIpc) is 2.88. The summed E-state index contributed by atoms with van der Waals surface area (Å²) in [6.45, 7) is 3.70. The van der Waals surface area contributed by atoms with Gasteiger partial charge >= 0.3 is 0 Å². The van der Waals surface area contributed by atoms with Gasteiger partial charge in [-0.1, -0.05) is 44.2 Å². The van der Waals surface area contributed by atoms with E-state index in [2.05, 4.69) is 0 Å². The minimum absolute atomic E-state index is 0.000628. The SMILES string of the molecule is CC(C)CC(=O)C1=C(O)C(=O)N(Cc2ccc(F)cc2)C1c1ccccc1F. The van der Waals surface area contributed by atoms with E-state index in [9.17, 15) is 23.5 Å². The largest absolute Gasteiger partial charge is 0.503 e. The number of carbonyl (C=O) groups is 2. The standard InChI is InChI=1S/C22H21F2NO3/c1-13(2)11-18(26)19-20(16-5-3-4-6-17(16)24)25(22(28)21(19)27)12-14-7-9-15(23)10-8-14/h3-10,13,20,27H,11-12H2,1-2H3. The van der Waals surface area contributed by atoms with E-state index in [0.717, 1.165) is 0 Å². The smallest absolute Gasteiger partial charge is 0.290 e. The zero-order valence-electron chi connectivity index (χ0n) is 15.7. The summed E-state index contributed by atoms with van der Waals surface area (Å²) in [5.41, 5.74) is 0.640. The Balaban J connectivity index is 2.06. The summed E-state index contributed by atoms with van der Waals surface area (Å²) in [4.78, 5) is 26.8. The minimum Gasteiger partial charge on any atom is -0.503 e. The van der Waals surface area contributed by atoms with E-state index in [0.29, 0.717) is 5.56 Å². The van der Waals surface area contributed by atoms with Gasteiger partial charge in [0.05, 0.1) is 11.6 Å². The maximum absolute atomic E-state index is 14.6. The van der Waals surface area contributed by atoms with Gasteiger partial charge in [0.2, 0.25) is 0 Å². The number of nitrogens with zero attached hydrogens (tertiary/aromatic N) is 1. The molecule has 0 saturated heterocycles. The number of Topliss-reactive ketones (excluding diaryl/α,β-unsaturated/α-hetero) is 1. The molecule has 1 unspecified atom stereocenters. The van der Waals surface area contributed by atoms with Gasteiger partial charge in [0.15, 0.2) is 11.5 Å². The molecule has 1 N–H and O–H groups in total. The third-order valence-electron chi connectivity index (χ3n) is 4.66. The molecule has 1 amide bonds. The van der Waals surface area contributed by atoms with Crippen molar-refractivity contribution in [1.82, 2.24) is 4.90 Å². The van der Waals surface area contributed by atoms with Crippen molar-refractivity contribution < 1.29 is 23.5 Å². The molecule has 6 heteroatoms. The fourth-order valence-corrected chi connectivity index (χ4v) is 3.39. The maximum atomic E-state index is 14.6. The Labute approximate surface area is 162 Å². The molecule has 0 spiro atoms. The van der Waals surface area contributed by atoms with Crippen LogP contribution in [0, 0.1) is 17.6 Å². The molecule has 2 aromatic carbocycles. The molecule has 0 fully saturated rings. The second-order valence-electron chi connectivity index (χ2n) is 7.27. The fraction of sp³-hybridized carbons (Fsp3) is 0.273. The predicted molar refractivity (Wildman–Crippen MR) is 100 cm³/mol. The summed E-state index contributed by atoms with van der Waals surface area (Å²) in [6.07, 6.45) is 0.127. The lowest BCUT2D eigenvalue weighted by Gasteiger charge is -2.27. The van der Waals surface area contributed by atoms with E-state index < -0.39 is 35.1 Å². The number of hydrogen-bond donors (Lipinski definition) is 1. The molecule has 0 bridgehead atoms. The van der Waals surface area contributed by atoms with Gasteiger partial charge in [-0.2, -0.15) is 0 Å². The van der Waals surface area contributed by atoms with Crippen molar-refractivity contribution in [2.75, 3.05) is 0 Å². The Kier molecular flexibility index (Phi) is 5.58. The zero-order valence-corrected chi connectivity index (χ0v) is 15.7.